The molecule has 0 aliphatic carbocycles. The molecule has 0 fully saturated rings. The summed E-state index contributed by atoms with van der Waals surface area (Å²) in [6, 6.07) is 0. The Morgan fingerprint density at radius 3 is 2.77 bits per heavy atom. The van der Waals surface area contributed by atoms with Gasteiger partial charge in [-0.25, -0.2) is 4.79 Å². The van der Waals surface area contributed by atoms with Crippen LogP contribution in [0.25, 0.3) is 0 Å². The molecule has 1 atom stereocenters. The van der Waals surface area contributed by atoms with E-state index in [9.17, 15) is 9.90 Å². The lowest BCUT2D eigenvalue weighted by Gasteiger charge is -1.99. The molecule has 0 unspecified atom stereocenters. The van der Waals surface area contributed by atoms with Crippen LogP contribution in [0.3, 0.4) is 0 Å². The minimum atomic E-state index is -0.704. The standard InChI is InChI=1S/C10H16O3/c1-3-5-6-9(11)7-8-10(12)13-4-2/h9,11H,3-6H2,1-2H3/t9-/m0/s1. The first-order chi connectivity index (χ1) is 6.20. The molecule has 0 aromatic rings. The summed E-state index contributed by atoms with van der Waals surface area (Å²) in [5.41, 5.74) is 0. The van der Waals surface area contributed by atoms with Crippen molar-refractivity contribution in [2.75, 3.05) is 6.61 Å². The van der Waals surface area contributed by atoms with Crippen LogP contribution in [0.15, 0.2) is 0 Å². The van der Waals surface area contributed by atoms with Gasteiger partial charge >= 0.3 is 5.97 Å². The van der Waals surface area contributed by atoms with Gasteiger partial charge in [0.25, 0.3) is 0 Å². The van der Waals surface area contributed by atoms with Crippen LogP contribution in [0.2, 0.25) is 0 Å². The van der Waals surface area contributed by atoms with Crippen molar-refractivity contribution in [3.05, 3.63) is 0 Å². The SMILES string of the molecule is CCCC[C@H](O)C#CC(=O)OCC. The average molecular weight is 184 g/mol. The van der Waals surface area contributed by atoms with E-state index in [0.717, 1.165) is 12.8 Å². The van der Waals surface area contributed by atoms with Crippen molar-refractivity contribution in [3.63, 3.8) is 0 Å². The first-order valence-electron chi connectivity index (χ1n) is 4.57. The highest BCUT2D eigenvalue weighted by Crippen LogP contribution is 1.98. The number of ether oxygens (including phenoxy) is 1. The molecule has 3 nitrogen and oxygen atoms in total. The molecule has 0 saturated carbocycles. The number of rotatable bonds is 4. The van der Waals surface area contributed by atoms with Crippen molar-refractivity contribution in [2.45, 2.75) is 39.2 Å². The molecule has 0 amide bonds. The molecule has 0 aliphatic heterocycles. The van der Waals surface area contributed by atoms with Crippen molar-refractivity contribution in [1.82, 2.24) is 0 Å². The number of carbonyl (C=O) groups excluding carboxylic acids is 1. The summed E-state index contributed by atoms with van der Waals surface area (Å²) in [6.45, 7) is 4.07. The molecule has 74 valence electrons. The average Bonchev–Trinajstić information content (AvgIpc) is 2.12. The molecule has 1 N–H and O–H groups in total. The maximum atomic E-state index is 10.7. The van der Waals surface area contributed by atoms with Crippen LogP contribution in [0, 0.1) is 11.8 Å². The predicted molar refractivity (Wildman–Crippen MR) is 49.9 cm³/mol. The lowest BCUT2D eigenvalue weighted by Crippen LogP contribution is -2.05. The van der Waals surface area contributed by atoms with Gasteiger partial charge in [-0.3, -0.25) is 0 Å². The summed E-state index contributed by atoms with van der Waals surface area (Å²) in [7, 11) is 0. The fraction of sp³-hybridized carbons (Fsp3) is 0.700. The monoisotopic (exact) mass is 184 g/mol. The number of unbranched alkanes of at least 4 members (excludes halogenated alkanes) is 1. The van der Waals surface area contributed by atoms with Gasteiger partial charge in [-0.05, 0) is 13.3 Å². The lowest BCUT2D eigenvalue weighted by molar-refractivity contribution is -0.136. The molecule has 0 aliphatic rings. The second-order valence-corrected chi connectivity index (χ2v) is 2.65. The fourth-order valence-electron chi connectivity index (χ4n) is 0.779. The topological polar surface area (TPSA) is 46.5 Å². The van der Waals surface area contributed by atoms with Gasteiger partial charge in [-0.1, -0.05) is 25.7 Å². The van der Waals surface area contributed by atoms with Gasteiger partial charge in [-0.15, -0.1) is 0 Å². The summed E-state index contributed by atoms with van der Waals surface area (Å²) in [5, 5.41) is 9.22. The van der Waals surface area contributed by atoms with E-state index in [0.29, 0.717) is 13.0 Å². The zero-order chi connectivity index (χ0) is 10.1. The van der Waals surface area contributed by atoms with Crippen LogP contribution in [0.5, 0.6) is 0 Å². The Bertz CT molecular complexity index is 200. The molecule has 13 heavy (non-hydrogen) atoms. The highest BCUT2D eigenvalue weighted by Gasteiger charge is 1.98. The number of hydrogen-bond acceptors (Lipinski definition) is 3. The number of esters is 1. The van der Waals surface area contributed by atoms with Crippen molar-refractivity contribution in [2.24, 2.45) is 0 Å². The Labute approximate surface area is 79.1 Å². The van der Waals surface area contributed by atoms with E-state index in [-0.39, 0.29) is 0 Å². The van der Waals surface area contributed by atoms with Crippen LogP contribution < -0.4 is 0 Å². The molecule has 0 bridgehead atoms. The number of carbonyl (C=O) groups is 1. The number of hydrogen-bond donors (Lipinski definition) is 1. The van der Waals surface area contributed by atoms with Crippen molar-refractivity contribution < 1.29 is 14.6 Å². The molecular formula is C10H16O3. The molecule has 0 radical (unpaired) electrons. The molecule has 0 rings (SSSR count). The van der Waals surface area contributed by atoms with E-state index < -0.39 is 12.1 Å². The van der Waals surface area contributed by atoms with Crippen molar-refractivity contribution in [3.8, 4) is 11.8 Å². The Morgan fingerprint density at radius 1 is 1.54 bits per heavy atom. The zero-order valence-electron chi connectivity index (χ0n) is 8.17. The largest absolute Gasteiger partial charge is 0.456 e. The summed E-state index contributed by atoms with van der Waals surface area (Å²) in [6.07, 6.45) is 1.84. The van der Waals surface area contributed by atoms with Crippen LogP contribution in [0.1, 0.15) is 33.1 Å². The number of aliphatic hydroxyl groups is 1. The van der Waals surface area contributed by atoms with Gasteiger partial charge in [0.15, 0.2) is 0 Å². The van der Waals surface area contributed by atoms with Crippen LogP contribution in [-0.4, -0.2) is 23.8 Å². The highest BCUT2D eigenvalue weighted by atomic mass is 16.5. The predicted octanol–water partition coefficient (Wildman–Crippen LogP) is 1.10. The normalized spacial score (nSPS) is 11.3. The first-order valence-corrected chi connectivity index (χ1v) is 4.57. The third-order valence-electron chi connectivity index (χ3n) is 1.45. The van der Waals surface area contributed by atoms with E-state index >= 15 is 0 Å². The smallest absolute Gasteiger partial charge is 0.384 e. The second-order valence-electron chi connectivity index (χ2n) is 2.65. The minimum Gasteiger partial charge on any atom is -0.456 e. The Morgan fingerprint density at radius 2 is 2.23 bits per heavy atom. The molecular weight excluding hydrogens is 168 g/mol. The Balaban J connectivity index is 3.73. The number of aliphatic hydroxyl groups excluding tert-OH is 1. The summed E-state index contributed by atoms with van der Waals surface area (Å²) >= 11 is 0. The molecule has 3 heteroatoms. The van der Waals surface area contributed by atoms with E-state index in [1.807, 2.05) is 6.92 Å². The first kappa shape index (κ1) is 12.0. The van der Waals surface area contributed by atoms with E-state index in [1.165, 1.54) is 0 Å². The summed E-state index contributed by atoms with van der Waals surface area (Å²) < 4.78 is 4.57. The van der Waals surface area contributed by atoms with Crippen LogP contribution >= 0.6 is 0 Å². The molecule has 0 spiro atoms. The second kappa shape index (κ2) is 7.63. The molecule has 0 heterocycles. The zero-order valence-corrected chi connectivity index (χ0v) is 8.17. The van der Waals surface area contributed by atoms with Crippen molar-refractivity contribution >= 4 is 5.97 Å². The minimum absolute atomic E-state index is 0.318. The maximum Gasteiger partial charge on any atom is 0.384 e. The molecule has 0 aromatic carbocycles. The van der Waals surface area contributed by atoms with Gasteiger partial charge in [0, 0.05) is 5.92 Å². The van der Waals surface area contributed by atoms with Gasteiger partial charge in [0.2, 0.25) is 0 Å². The maximum absolute atomic E-state index is 10.7. The van der Waals surface area contributed by atoms with Crippen LogP contribution in [-0.2, 0) is 9.53 Å². The fourth-order valence-corrected chi connectivity index (χ4v) is 0.779. The third kappa shape index (κ3) is 7.35. The third-order valence-corrected chi connectivity index (χ3v) is 1.45. The van der Waals surface area contributed by atoms with Crippen molar-refractivity contribution in [1.29, 1.82) is 0 Å². The Hall–Kier alpha value is -1.01. The van der Waals surface area contributed by atoms with Gasteiger partial charge < -0.3 is 9.84 Å². The van der Waals surface area contributed by atoms with Crippen LogP contribution in [0.4, 0.5) is 0 Å². The summed E-state index contributed by atoms with van der Waals surface area (Å²) in [5.74, 6) is 4.09. The van der Waals surface area contributed by atoms with Gasteiger partial charge in [-0.2, -0.15) is 0 Å². The highest BCUT2D eigenvalue weighted by molar-refractivity contribution is 5.88. The summed E-state index contributed by atoms with van der Waals surface area (Å²) in [4.78, 5) is 10.7. The Kier molecular flexibility index (Phi) is 7.04. The molecule has 0 saturated heterocycles. The van der Waals surface area contributed by atoms with E-state index in [2.05, 4.69) is 16.6 Å². The molecule has 0 aromatic heterocycles. The van der Waals surface area contributed by atoms with E-state index in [1.54, 1.807) is 6.92 Å². The van der Waals surface area contributed by atoms with Gasteiger partial charge in [0.05, 0.1) is 6.61 Å². The van der Waals surface area contributed by atoms with E-state index in [4.69, 9.17) is 0 Å². The lowest BCUT2D eigenvalue weighted by atomic mass is 10.2. The van der Waals surface area contributed by atoms with Gasteiger partial charge in [0.1, 0.15) is 6.10 Å². The quantitative estimate of drug-likeness (QED) is 0.404.